The lowest BCUT2D eigenvalue weighted by Crippen LogP contribution is -2.28. The first-order chi connectivity index (χ1) is 8.95. The number of hydrogen-bond acceptors (Lipinski definition) is 4. The van der Waals surface area contributed by atoms with Crippen LogP contribution in [0.3, 0.4) is 0 Å². The molecular weight excluding hydrogens is 242 g/mol. The van der Waals surface area contributed by atoms with Gasteiger partial charge in [-0.15, -0.1) is 0 Å². The maximum Gasteiger partial charge on any atom is 0.310 e. The lowest BCUT2D eigenvalue weighted by Gasteiger charge is -2.19. The fraction of sp³-hybridized carbons (Fsp3) is 0.467. The number of hydrogen-bond donors (Lipinski definition) is 1. The van der Waals surface area contributed by atoms with Gasteiger partial charge in [-0.3, -0.25) is 9.59 Å². The van der Waals surface area contributed by atoms with E-state index in [1.54, 1.807) is 12.1 Å². The monoisotopic (exact) mass is 263 g/mol. The maximum absolute atomic E-state index is 11.6. The highest BCUT2D eigenvalue weighted by Crippen LogP contribution is 2.15. The Morgan fingerprint density at radius 1 is 1.21 bits per heavy atom. The Hall–Kier alpha value is -1.84. The SMILES string of the molecule is COC(=O)C(CNc1ccc(C(C)=O)cc1)C(C)C. The third kappa shape index (κ3) is 4.39. The van der Waals surface area contributed by atoms with Gasteiger partial charge in [-0.05, 0) is 37.1 Å². The molecule has 0 aliphatic carbocycles. The number of Topliss-reactive ketones (excluding diaryl/α,β-unsaturated/α-hetero) is 1. The summed E-state index contributed by atoms with van der Waals surface area (Å²) >= 11 is 0. The van der Waals surface area contributed by atoms with Crippen molar-refractivity contribution in [3.05, 3.63) is 29.8 Å². The van der Waals surface area contributed by atoms with Crippen LogP contribution in [0.2, 0.25) is 0 Å². The van der Waals surface area contributed by atoms with Crippen molar-refractivity contribution in [2.45, 2.75) is 20.8 Å². The molecule has 0 bridgehead atoms. The van der Waals surface area contributed by atoms with Gasteiger partial charge in [0.15, 0.2) is 5.78 Å². The molecule has 104 valence electrons. The molecule has 0 radical (unpaired) electrons. The van der Waals surface area contributed by atoms with Gasteiger partial charge in [0, 0.05) is 17.8 Å². The lowest BCUT2D eigenvalue weighted by atomic mass is 9.96. The lowest BCUT2D eigenvalue weighted by molar-refractivity contribution is -0.146. The first kappa shape index (κ1) is 15.2. The second kappa shape index (κ2) is 6.92. The summed E-state index contributed by atoms with van der Waals surface area (Å²) in [5.74, 6) is -0.141. The van der Waals surface area contributed by atoms with E-state index in [-0.39, 0.29) is 23.6 Å². The van der Waals surface area contributed by atoms with Crippen molar-refractivity contribution in [1.82, 2.24) is 0 Å². The van der Waals surface area contributed by atoms with Crippen LogP contribution in [0, 0.1) is 11.8 Å². The minimum absolute atomic E-state index is 0.0427. The van der Waals surface area contributed by atoms with Crippen molar-refractivity contribution in [2.24, 2.45) is 11.8 Å². The number of rotatable bonds is 6. The molecular formula is C15H21NO3. The van der Waals surface area contributed by atoms with E-state index in [2.05, 4.69) is 5.32 Å². The molecule has 0 fully saturated rings. The molecule has 0 aromatic heterocycles. The highest BCUT2D eigenvalue weighted by Gasteiger charge is 2.22. The van der Waals surface area contributed by atoms with E-state index in [9.17, 15) is 9.59 Å². The average Bonchev–Trinajstić information content (AvgIpc) is 2.38. The molecule has 1 N–H and O–H groups in total. The van der Waals surface area contributed by atoms with E-state index in [1.165, 1.54) is 14.0 Å². The van der Waals surface area contributed by atoms with Crippen LogP contribution in [0.25, 0.3) is 0 Å². The summed E-state index contributed by atoms with van der Waals surface area (Å²) in [6.45, 7) is 6.03. The first-order valence-electron chi connectivity index (χ1n) is 6.38. The van der Waals surface area contributed by atoms with Gasteiger partial charge in [-0.25, -0.2) is 0 Å². The highest BCUT2D eigenvalue weighted by atomic mass is 16.5. The predicted octanol–water partition coefficient (Wildman–Crippen LogP) is 2.75. The Kier molecular flexibility index (Phi) is 5.55. The zero-order valence-electron chi connectivity index (χ0n) is 11.9. The van der Waals surface area contributed by atoms with Gasteiger partial charge in [-0.1, -0.05) is 13.8 Å². The third-order valence-corrected chi connectivity index (χ3v) is 3.13. The summed E-state index contributed by atoms with van der Waals surface area (Å²) in [7, 11) is 1.40. The van der Waals surface area contributed by atoms with Gasteiger partial charge in [0.2, 0.25) is 0 Å². The summed E-state index contributed by atoms with van der Waals surface area (Å²) in [6, 6.07) is 7.22. The topological polar surface area (TPSA) is 55.4 Å². The Bertz CT molecular complexity index is 437. The Labute approximate surface area is 114 Å². The van der Waals surface area contributed by atoms with Gasteiger partial charge >= 0.3 is 5.97 Å². The first-order valence-corrected chi connectivity index (χ1v) is 6.38. The molecule has 1 atom stereocenters. The average molecular weight is 263 g/mol. The van der Waals surface area contributed by atoms with Crippen molar-refractivity contribution in [1.29, 1.82) is 0 Å². The van der Waals surface area contributed by atoms with Crippen molar-refractivity contribution in [2.75, 3.05) is 19.0 Å². The largest absolute Gasteiger partial charge is 0.469 e. The van der Waals surface area contributed by atoms with Crippen molar-refractivity contribution in [3.63, 3.8) is 0 Å². The molecule has 0 saturated heterocycles. The van der Waals surface area contributed by atoms with Crippen LogP contribution in [-0.2, 0) is 9.53 Å². The molecule has 0 amide bonds. The fourth-order valence-corrected chi connectivity index (χ4v) is 1.79. The van der Waals surface area contributed by atoms with Crippen LogP contribution >= 0.6 is 0 Å². The van der Waals surface area contributed by atoms with Gasteiger partial charge < -0.3 is 10.1 Å². The molecule has 19 heavy (non-hydrogen) atoms. The summed E-state index contributed by atoms with van der Waals surface area (Å²) < 4.78 is 4.79. The molecule has 4 heteroatoms. The van der Waals surface area contributed by atoms with Gasteiger partial charge in [0.1, 0.15) is 0 Å². The minimum atomic E-state index is -0.206. The zero-order valence-corrected chi connectivity index (χ0v) is 11.9. The summed E-state index contributed by atoms with van der Waals surface area (Å²) in [6.07, 6.45) is 0. The molecule has 1 aromatic rings. The minimum Gasteiger partial charge on any atom is -0.469 e. The standard InChI is InChI=1S/C15H21NO3/c1-10(2)14(15(18)19-4)9-16-13-7-5-12(6-8-13)11(3)17/h5-8,10,14,16H,9H2,1-4H3. The molecule has 1 rings (SSSR count). The summed E-state index contributed by atoms with van der Waals surface area (Å²) in [4.78, 5) is 22.8. The van der Waals surface area contributed by atoms with Gasteiger partial charge in [-0.2, -0.15) is 0 Å². The fourth-order valence-electron chi connectivity index (χ4n) is 1.79. The molecule has 0 aliphatic heterocycles. The number of carbonyl (C=O) groups excluding carboxylic acids is 2. The molecule has 0 saturated carbocycles. The highest BCUT2D eigenvalue weighted by molar-refractivity contribution is 5.94. The van der Waals surface area contributed by atoms with Crippen molar-refractivity contribution < 1.29 is 14.3 Å². The number of anilines is 1. The second-order valence-corrected chi connectivity index (χ2v) is 4.89. The molecule has 4 nitrogen and oxygen atoms in total. The van der Waals surface area contributed by atoms with E-state index in [4.69, 9.17) is 4.74 Å². The summed E-state index contributed by atoms with van der Waals surface area (Å²) in [5, 5.41) is 3.20. The van der Waals surface area contributed by atoms with E-state index in [0.717, 1.165) is 5.69 Å². The van der Waals surface area contributed by atoms with Gasteiger partial charge in [0.25, 0.3) is 0 Å². The van der Waals surface area contributed by atoms with E-state index < -0.39 is 0 Å². The Morgan fingerprint density at radius 2 is 1.79 bits per heavy atom. The van der Waals surface area contributed by atoms with Crippen molar-refractivity contribution in [3.8, 4) is 0 Å². The number of ketones is 1. The Balaban J connectivity index is 2.64. The van der Waals surface area contributed by atoms with E-state index >= 15 is 0 Å². The van der Waals surface area contributed by atoms with Crippen molar-refractivity contribution >= 4 is 17.4 Å². The van der Waals surface area contributed by atoms with E-state index in [1.807, 2.05) is 26.0 Å². The zero-order chi connectivity index (χ0) is 14.4. The number of benzene rings is 1. The quantitative estimate of drug-likeness (QED) is 0.633. The normalized spacial score (nSPS) is 12.1. The number of methoxy groups -OCH3 is 1. The smallest absolute Gasteiger partial charge is 0.310 e. The van der Waals surface area contributed by atoms with Crippen LogP contribution in [-0.4, -0.2) is 25.4 Å². The van der Waals surface area contributed by atoms with Crippen LogP contribution in [0.5, 0.6) is 0 Å². The molecule has 1 unspecified atom stereocenters. The third-order valence-electron chi connectivity index (χ3n) is 3.13. The van der Waals surface area contributed by atoms with Crippen LogP contribution in [0.4, 0.5) is 5.69 Å². The number of esters is 1. The maximum atomic E-state index is 11.6. The van der Waals surface area contributed by atoms with Crippen LogP contribution < -0.4 is 5.32 Å². The Morgan fingerprint density at radius 3 is 2.21 bits per heavy atom. The second-order valence-electron chi connectivity index (χ2n) is 4.89. The molecule has 0 heterocycles. The molecule has 0 aliphatic rings. The predicted molar refractivity (Wildman–Crippen MR) is 75.3 cm³/mol. The number of nitrogens with one attached hydrogen (secondary N) is 1. The molecule has 1 aromatic carbocycles. The number of carbonyl (C=O) groups is 2. The van der Waals surface area contributed by atoms with Crippen LogP contribution in [0.1, 0.15) is 31.1 Å². The van der Waals surface area contributed by atoms with Gasteiger partial charge in [0.05, 0.1) is 13.0 Å². The van der Waals surface area contributed by atoms with E-state index in [0.29, 0.717) is 12.1 Å². The summed E-state index contributed by atoms with van der Waals surface area (Å²) in [5.41, 5.74) is 1.57. The molecule has 0 spiro atoms. The van der Waals surface area contributed by atoms with Crippen LogP contribution in [0.15, 0.2) is 24.3 Å². The number of ether oxygens (including phenoxy) is 1.